The zero-order valence-electron chi connectivity index (χ0n) is 40.3. The van der Waals surface area contributed by atoms with Crippen molar-refractivity contribution >= 4 is 21.9 Å². The first-order valence-corrected chi connectivity index (χ1v) is 24.7. The van der Waals surface area contributed by atoms with Crippen molar-refractivity contribution in [2.45, 2.75) is 84.5 Å². The van der Waals surface area contributed by atoms with E-state index in [1.807, 2.05) is 0 Å². The van der Waals surface area contributed by atoms with Crippen LogP contribution in [0.25, 0.3) is 77.6 Å². The normalized spacial score (nSPS) is 14.9. The summed E-state index contributed by atoms with van der Waals surface area (Å²) in [5, 5.41) is 2.41. The Morgan fingerprint density at radius 2 is 1.04 bits per heavy atom. The van der Waals surface area contributed by atoms with Crippen molar-refractivity contribution in [3.8, 4) is 55.6 Å². The zero-order chi connectivity index (χ0) is 46.2. The first-order valence-electron chi connectivity index (χ1n) is 24.7. The minimum atomic E-state index is -0.191. The van der Waals surface area contributed by atoms with Crippen molar-refractivity contribution in [2.75, 3.05) is 0 Å². The van der Waals surface area contributed by atoms with Crippen molar-refractivity contribution in [2.24, 2.45) is 0 Å². The SMILES string of the molecule is Cc1ccc(-c2cc3c(c4c2Cc2ccccc2-4)-c2ccc(C(CCc4ccc5c(c4)C(C)(C)c4cc(-c6ccc(C)cc6)c6oc7ccccc7c6c4-5)c4ccc(C)cc4)cc2C3(C)C)cc1. The maximum atomic E-state index is 6.78. The van der Waals surface area contributed by atoms with E-state index in [0.717, 1.165) is 30.4 Å². The Kier molecular flexibility index (Phi) is 8.98. The molecule has 0 radical (unpaired) electrons. The van der Waals surface area contributed by atoms with Gasteiger partial charge in [0.25, 0.3) is 0 Å². The summed E-state index contributed by atoms with van der Waals surface area (Å²) in [7, 11) is 0. The van der Waals surface area contributed by atoms with Crippen LogP contribution in [-0.2, 0) is 23.7 Å². The summed E-state index contributed by atoms with van der Waals surface area (Å²) < 4.78 is 6.78. The molecule has 330 valence electrons. The van der Waals surface area contributed by atoms with Crippen LogP contribution in [-0.4, -0.2) is 0 Å². The smallest absolute Gasteiger partial charge is 0.143 e. The second kappa shape index (κ2) is 14.9. The highest BCUT2D eigenvalue weighted by atomic mass is 16.3. The van der Waals surface area contributed by atoms with Gasteiger partial charge in [-0.3, -0.25) is 0 Å². The molecule has 3 aliphatic carbocycles. The second-order valence-corrected chi connectivity index (χ2v) is 21.4. The number of aryl methyl sites for hydroxylation is 4. The monoisotopic (exact) mass is 876 g/mol. The van der Waals surface area contributed by atoms with Crippen LogP contribution in [0.15, 0.2) is 174 Å². The minimum absolute atomic E-state index is 0.171. The van der Waals surface area contributed by atoms with Crippen molar-refractivity contribution < 1.29 is 4.42 Å². The van der Waals surface area contributed by atoms with Crippen LogP contribution in [0.1, 0.15) is 107 Å². The summed E-state index contributed by atoms with van der Waals surface area (Å²) in [5.41, 5.74) is 31.5. The molecule has 68 heavy (non-hydrogen) atoms. The highest BCUT2D eigenvalue weighted by Crippen LogP contribution is 2.59. The number of fused-ring (bicyclic) bond motifs is 14. The number of furan rings is 1. The molecule has 1 heteroatoms. The van der Waals surface area contributed by atoms with Gasteiger partial charge in [0.15, 0.2) is 0 Å². The van der Waals surface area contributed by atoms with E-state index >= 15 is 0 Å². The molecule has 3 aliphatic rings. The largest absolute Gasteiger partial charge is 0.455 e. The lowest BCUT2D eigenvalue weighted by atomic mass is 9.78. The predicted molar refractivity (Wildman–Crippen MR) is 285 cm³/mol. The van der Waals surface area contributed by atoms with E-state index in [1.54, 1.807) is 0 Å². The Labute approximate surface area is 401 Å². The molecule has 0 saturated heterocycles. The predicted octanol–water partition coefficient (Wildman–Crippen LogP) is 17.8. The van der Waals surface area contributed by atoms with Crippen LogP contribution in [0.2, 0.25) is 0 Å². The Morgan fingerprint density at radius 3 is 1.78 bits per heavy atom. The van der Waals surface area contributed by atoms with Gasteiger partial charge in [0.2, 0.25) is 0 Å². The van der Waals surface area contributed by atoms with Gasteiger partial charge in [-0.1, -0.05) is 196 Å². The van der Waals surface area contributed by atoms with E-state index in [9.17, 15) is 0 Å². The number of rotatable bonds is 7. The molecule has 0 saturated carbocycles. The standard InChI is InChI=1S/C67H56O/c1-39-16-24-43(25-17-39)48(47-30-33-51-57(36-47)67(6,7)58-37-53(44-26-18-40(2)19-27-44)55-35-46-12-8-9-13-49(46)61(55)62(51)58)31-22-42-23-32-50-56(34-42)66(4,5)59-38-54(45-28-20-41(3)21-29-45)65-64(63(50)59)52-14-10-11-15-60(52)68-65/h8-21,23-30,32-34,36-38,48H,22,31,35H2,1-7H3. The van der Waals surface area contributed by atoms with Crippen LogP contribution in [0.4, 0.5) is 0 Å². The van der Waals surface area contributed by atoms with Crippen LogP contribution in [0, 0.1) is 20.8 Å². The van der Waals surface area contributed by atoms with Crippen molar-refractivity contribution in [1.29, 1.82) is 0 Å². The number of hydrogen-bond donors (Lipinski definition) is 0. The lowest BCUT2D eigenvalue weighted by molar-refractivity contribution is 0.651. The molecule has 9 aromatic carbocycles. The molecule has 0 amide bonds. The average molecular weight is 877 g/mol. The van der Waals surface area contributed by atoms with Crippen molar-refractivity contribution in [1.82, 2.24) is 0 Å². The van der Waals surface area contributed by atoms with Crippen molar-refractivity contribution in [3.05, 3.63) is 237 Å². The molecule has 13 rings (SSSR count). The summed E-state index contributed by atoms with van der Waals surface area (Å²) in [5.74, 6) is 0.238. The molecular weight excluding hydrogens is 821 g/mol. The molecule has 1 aromatic heterocycles. The molecule has 1 heterocycles. The van der Waals surface area contributed by atoms with E-state index in [0.29, 0.717) is 0 Å². The number of hydrogen-bond acceptors (Lipinski definition) is 1. The van der Waals surface area contributed by atoms with Gasteiger partial charge < -0.3 is 4.42 Å². The molecule has 1 unspecified atom stereocenters. The fourth-order valence-corrected chi connectivity index (χ4v) is 12.6. The molecule has 10 aromatic rings. The Bertz CT molecular complexity index is 3700. The van der Waals surface area contributed by atoms with E-state index in [1.165, 1.54) is 133 Å². The molecule has 0 aliphatic heterocycles. The number of benzene rings is 9. The van der Waals surface area contributed by atoms with Crippen LogP contribution >= 0.6 is 0 Å². The van der Waals surface area contributed by atoms with Gasteiger partial charge in [0, 0.05) is 33.1 Å². The maximum Gasteiger partial charge on any atom is 0.143 e. The second-order valence-electron chi connectivity index (χ2n) is 21.4. The minimum Gasteiger partial charge on any atom is -0.455 e. The maximum absolute atomic E-state index is 6.78. The Morgan fingerprint density at radius 1 is 0.471 bits per heavy atom. The van der Waals surface area contributed by atoms with E-state index in [2.05, 4.69) is 218 Å². The van der Waals surface area contributed by atoms with E-state index < -0.39 is 0 Å². The molecule has 0 bridgehead atoms. The van der Waals surface area contributed by atoms with Gasteiger partial charge in [-0.15, -0.1) is 0 Å². The average Bonchev–Trinajstić information content (AvgIpc) is 4.05. The Hall–Kier alpha value is -7.22. The molecular formula is C67H56O. The molecule has 0 fully saturated rings. The quantitative estimate of drug-likeness (QED) is 0.155. The Balaban J connectivity index is 0.896. The van der Waals surface area contributed by atoms with E-state index in [4.69, 9.17) is 4.42 Å². The molecule has 0 N–H and O–H groups in total. The zero-order valence-corrected chi connectivity index (χ0v) is 40.3. The van der Waals surface area contributed by atoms with Gasteiger partial charge in [0.1, 0.15) is 11.2 Å². The third kappa shape index (κ3) is 6.07. The van der Waals surface area contributed by atoms with Crippen LogP contribution in [0.3, 0.4) is 0 Å². The highest BCUT2D eigenvalue weighted by Gasteiger charge is 2.42. The van der Waals surface area contributed by atoms with Gasteiger partial charge in [-0.25, -0.2) is 0 Å². The number of para-hydroxylation sites is 1. The van der Waals surface area contributed by atoms with Gasteiger partial charge in [0.05, 0.1) is 0 Å². The van der Waals surface area contributed by atoms with Gasteiger partial charge in [-0.05, 0) is 158 Å². The van der Waals surface area contributed by atoms with Crippen LogP contribution < -0.4 is 0 Å². The molecule has 1 atom stereocenters. The molecule has 1 nitrogen and oxygen atoms in total. The molecule has 0 spiro atoms. The van der Waals surface area contributed by atoms with Gasteiger partial charge >= 0.3 is 0 Å². The van der Waals surface area contributed by atoms with Gasteiger partial charge in [-0.2, -0.15) is 0 Å². The van der Waals surface area contributed by atoms with Crippen LogP contribution in [0.5, 0.6) is 0 Å². The first kappa shape index (κ1) is 41.0. The first-order chi connectivity index (χ1) is 32.9. The summed E-state index contributed by atoms with van der Waals surface area (Å²) >= 11 is 0. The summed E-state index contributed by atoms with van der Waals surface area (Å²) in [6.45, 7) is 16.3. The third-order valence-electron chi connectivity index (χ3n) is 16.4. The lowest BCUT2D eigenvalue weighted by Crippen LogP contribution is -2.16. The fraction of sp³-hybridized carbons (Fsp3) is 0.194. The van der Waals surface area contributed by atoms with E-state index in [-0.39, 0.29) is 16.7 Å². The summed E-state index contributed by atoms with van der Waals surface area (Å²) in [6, 6.07) is 65.0. The summed E-state index contributed by atoms with van der Waals surface area (Å²) in [6.07, 6.45) is 2.95. The lowest BCUT2D eigenvalue weighted by Gasteiger charge is -2.25. The topological polar surface area (TPSA) is 13.1 Å². The fourth-order valence-electron chi connectivity index (χ4n) is 12.6. The third-order valence-corrected chi connectivity index (χ3v) is 16.4. The van der Waals surface area contributed by atoms with Crippen molar-refractivity contribution in [3.63, 3.8) is 0 Å². The highest BCUT2D eigenvalue weighted by molar-refractivity contribution is 6.18. The summed E-state index contributed by atoms with van der Waals surface area (Å²) in [4.78, 5) is 0.